The van der Waals surface area contributed by atoms with E-state index in [9.17, 15) is 5.26 Å². The van der Waals surface area contributed by atoms with Gasteiger partial charge in [-0.05, 0) is 49.9 Å². The number of nitrogens with zero attached hydrogens (tertiary/aromatic N) is 1. The molecule has 2 rings (SSSR count). The second-order valence-electron chi connectivity index (χ2n) is 8.25. The van der Waals surface area contributed by atoms with Gasteiger partial charge >= 0.3 is 0 Å². The lowest BCUT2D eigenvalue weighted by molar-refractivity contribution is 0.0953. The Hall–Kier alpha value is -0.510. The van der Waals surface area contributed by atoms with E-state index in [2.05, 4.69) is 19.9 Å². The van der Waals surface area contributed by atoms with E-state index >= 15 is 0 Å². The highest BCUT2D eigenvalue weighted by molar-refractivity contribution is 5.04. The molecule has 0 amide bonds. The molecule has 2 aliphatic rings. The van der Waals surface area contributed by atoms with Crippen molar-refractivity contribution in [3.05, 3.63) is 0 Å². The Bertz CT molecular complexity index is 339. The van der Waals surface area contributed by atoms with Crippen LogP contribution >= 0.6 is 0 Å². The molecule has 2 fully saturated rings. The Labute approximate surface area is 138 Å². The summed E-state index contributed by atoms with van der Waals surface area (Å²) in [5.74, 6) is 2.53. The van der Waals surface area contributed by atoms with E-state index in [1.165, 1.54) is 89.9 Å². The third-order valence-electron chi connectivity index (χ3n) is 6.90. The van der Waals surface area contributed by atoms with Crippen LogP contribution in [-0.4, -0.2) is 0 Å². The highest BCUT2D eigenvalue weighted by Gasteiger charge is 2.41. The van der Waals surface area contributed by atoms with Gasteiger partial charge in [-0.25, -0.2) is 0 Å². The largest absolute Gasteiger partial charge is 0.198 e. The second-order valence-corrected chi connectivity index (χ2v) is 8.25. The minimum absolute atomic E-state index is 0.0113. The van der Waals surface area contributed by atoms with Gasteiger partial charge in [0.2, 0.25) is 0 Å². The average molecular weight is 304 g/mol. The molecule has 0 heterocycles. The molecule has 0 aliphatic heterocycles. The Balaban J connectivity index is 1.81. The van der Waals surface area contributed by atoms with Crippen LogP contribution in [0.4, 0.5) is 0 Å². The van der Waals surface area contributed by atoms with Crippen molar-refractivity contribution in [3.63, 3.8) is 0 Å². The fourth-order valence-corrected chi connectivity index (χ4v) is 5.10. The van der Waals surface area contributed by atoms with E-state index in [-0.39, 0.29) is 5.41 Å². The highest BCUT2D eigenvalue weighted by Crippen LogP contribution is 2.49. The molecule has 126 valence electrons. The molecule has 1 heteroatoms. The van der Waals surface area contributed by atoms with Crippen LogP contribution in [0.25, 0.3) is 0 Å². The molecule has 0 spiro atoms. The molecule has 0 radical (unpaired) electrons. The third-order valence-corrected chi connectivity index (χ3v) is 6.90. The monoisotopic (exact) mass is 303 g/mol. The lowest BCUT2D eigenvalue weighted by Gasteiger charge is -2.42. The van der Waals surface area contributed by atoms with Gasteiger partial charge in [0.1, 0.15) is 0 Å². The first-order valence-corrected chi connectivity index (χ1v) is 10.1. The van der Waals surface area contributed by atoms with E-state index in [0.29, 0.717) is 5.92 Å². The fourth-order valence-electron chi connectivity index (χ4n) is 5.10. The van der Waals surface area contributed by atoms with Gasteiger partial charge in [0.25, 0.3) is 0 Å². The van der Waals surface area contributed by atoms with Crippen LogP contribution < -0.4 is 0 Å². The van der Waals surface area contributed by atoms with Crippen molar-refractivity contribution in [1.29, 1.82) is 5.26 Å². The topological polar surface area (TPSA) is 23.8 Å². The Morgan fingerprint density at radius 1 is 0.955 bits per heavy atom. The molecule has 0 saturated heterocycles. The van der Waals surface area contributed by atoms with Crippen LogP contribution in [-0.2, 0) is 0 Å². The van der Waals surface area contributed by atoms with Crippen LogP contribution in [0.3, 0.4) is 0 Å². The molecular weight excluding hydrogens is 266 g/mol. The van der Waals surface area contributed by atoms with Crippen molar-refractivity contribution in [1.82, 2.24) is 0 Å². The van der Waals surface area contributed by atoms with Gasteiger partial charge < -0.3 is 0 Å². The SMILES string of the molecule is CCCCCCC(C)[C@]1(C#N)CC[C@@H](C2CCCCC2)CC1. The molecule has 0 aromatic rings. The van der Waals surface area contributed by atoms with Gasteiger partial charge in [0.05, 0.1) is 11.5 Å². The van der Waals surface area contributed by atoms with E-state index < -0.39 is 0 Å². The van der Waals surface area contributed by atoms with Crippen LogP contribution in [0, 0.1) is 34.5 Å². The molecule has 1 atom stereocenters. The summed E-state index contributed by atoms with van der Waals surface area (Å²) in [5.41, 5.74) is 0.0113. The van der Waals surface area contributed by atoms with E-state index in [1.54, 1.807) is 0 Å². The zero-order valence-corrected chi connectivity index (χ0v) is 15.1. The predicted molar refractivity (Wildman–Crippen MR) is 94.5 cm³/mol. The van der Waals surface area contributed by atoms with Crippen LogP contribution in [0.5, 0.6) is 0 Å². The summed E-state index contributed by atoms with van der Waals surface area (Å²) in [5, 5.41) is 9.86. The van der Waals surface area contributed by atoms with Crippen molar-refractivity contribution in [2.75, 3.05) is 0 Å². The Morgan fingerprint density at radius 3 is 2.18 bits per heavy atom. The molecule has 22 heavy (non-hydrogen) atoms. The van der Waals surface area contributed by atoms with Gasteiger partial charge in [-0.2, -0.15) is 5.26 Å². The van der Waals surface area contributed by atoms with Crippen molar-refractivity contribution < 1.29 is 0 Å². The Morgan fingerprint density at radius 2 is 1.59 bits per heavy atom. The van der Waals surface area contributed by atoms with Crippen molar-refractivity contribution in [2.24, 2.45) is 23.2 Å². The molecule has 0 N–H and O–H groups in total. The number of hydrogen-bond donors (Lipinski definition) is 0. The molecule has 2 aliphatic carbocycles. The summed E-state index contributed by atoms with van der Waals surface area (Å²) in [6.45, 7) is 4.63. The Kier molecular flexibility index (Phi) is 7.26. The van der Waals surface area contributed by atoms with Crippen LogP contribution in [0.1, 0.15) is 104 Å². The zero-order valence-electron chi connectivity index (χ0n) is 15.1. The van der Waals surface area contributed by atoms with E-state index in [1.807, 2.05) is 0 Å². The number of unbranched alkanes of at least 4 members (excludes halogenated alkanes) is 3. The number of rotatable bonds is 7. The normalized spacial score (nSPS) is 31.6. The van der Waals surface area contributed by atoms with E-state index in [4.69, 9.17) is 0 Å². The smallest absolute Gasteiger partial charge is 0.0692 e. The first-order valence-electron chi connectivity index (χ1n) is 10.1. The fraction of sp³-hybridized carbons (Fsp3) is 0.952. The first kappa shape index (κ1) is 17.8. The summed E-state index contributed by atoms with van der Waals surface area (Å²) < 4.78 is 0. The highest BCUT2D eigenvalue weighted by atomic mass is 14.5. The van der Waals surface area contributed by atoms with Gasteiger partial charge in [-0.3, -0.25) is 0 Å². The lowest BCUT2D eigenvalue weighted by atomic mass is 9.61. The lowest BCUT2D eigenvalue weighted by Crippen LogP contribution is -2.34. The van der Waals surface area contributed by atoms with Crippen molar-refractivity contribution in [2.45, 2.75) is 104 Å². The molecular formula is C21H37N. The van der Waals surface area contributed by atoms with Crippen molar-refractivity contribution in [3.8, 4) is 6.07 Å². The maximum atomic E-state index is 9.86. The van der Waals surface area contributed by atoms with Crippen LogP contribution in [0.2, 0.25) is 0 Å². The molecule has 1 nitrogen and oxygen atoms in total. The minimum Gasteiger partial charge on any atom is -0.198 e. The summed E-state index contributed by atoms with van der Waals surface area (Å²) in [7, 11) is 0. The third kappa shape index (κ3) is 4.50. The maximum Gasteiger partial charge on any atom is 0.0692 e. The van der Waals surface area contributed by atoms with Crippen LogP contribution in [0.15, 0.2) is 0 Å². The number of hydrogen-bond acceptors (Lipinski definition) is 1. The van der Waals surface area contributed by atoms with Gasteiger partial charge in [-0.1, -0.05) is 71.6 Å². The average Bonchev–Trinajstić information content (AvgIpc) is 2.59. The molecule has 2 saturated carbocycles. The second kappa shape index (κ2) is 8.95. The summed E-state index contributed by atoms with van der Waals surface area (Å²) in [6.07, 6.45) is 18.9. The summed E-state index contributed by atoms with van der Waals surface area (Å²) in [4.78, 5) is 0. The van der Waals surface area contributed by atoms with Gasteiger partial charge in [0.15, 0.2) is 0 Å². The van der Waals surface area contributed by atoms with Gasteiger partial charge in [-0.15, -0.1) is 0 Å². The minimum atomic E-state index is 0.0113. The summed E-state index contributed by atoms with van der Waals surface area (Å²) in [6, 6.07) is 2.78. The quantitative estimate of drug-likeness (QED) is 0.470. The summed E-state index contributed by atoms with van der Waals surface area (Å²) >= 11 is 0. The molecule has 0 aromatic carbocycles. The molecule has 0 aromatic heterocycles. The van der Waals surface area contributed by atoms with Crippen molar-refractivity contribution >= 4 is 0 Å². The molecule has 1 unspecified atom stereocenters. The zero-order chi connectivity index (χ0) is 15.8. The van der Waals surface area contributed by atoms with Gasteiger partial charge in [0, 0.05) is 0 Å². The number of nitriles is 1. The standard InChI is InChI=1S/C21H37N/c1-3-4-5-7-10-18(2)21(17-22)15-13-20(14-16-21)19-11-8-6-9-12-19/h18-20H,3-16H2,1-2H3/t18?,20-,21-. The maximum absolute atomic E-state index is 9.86. The predicted octanol–water partition coefficient (Wildman–Crippen LogP) is 6.87. The molecule has 0 bridgehead atoms. The van der Waals surface area contributed by atoms with E-state index in [0.717, 1.165) is 11.8 Å². The first-order chi connectivity index (χ1) is 10.7.